The van der Waals surface area contributed by atoms with Crippen LogP contribution in [0.1, 0.15) is 168 Å². The summed E-state index contributed by atoms with van der Waals surface area (Å²) >= 11 is 0. The Bertz CT molecular complexity index is 1120. The maximum atomic E-state index is 12.9. The number of rotatable bonds is 35. The average Bonchev–Trinajstić information content (AvgIpc) is 3.18. The van der Waals surface area contributed by atoms with Crippen molar-refractivity contribution in [1.29, 1.82) is 0 Å². The summed E-state index contributed by atoms with van der Waals surface area (Å²) < 4.78 is 22.8. The zero-order chi connectivity index (χ0) is 42.3. The fourth-order valence-corrected chi connectivity index (χ4v) is 7.77. The van der Waals surface area contributed by atoms with Crippen LogP contribution in [0.15, 0.2) is 36.5 Å². The van der Waals surface area contributed by atoms with E-state index in [2.05, 4.69) is 43.5 Å². The van der Waals surface area contributed by atoms with Gasteiger partial charge in [0, 0.05) is 0 Å². The monoisotopic (exact) mass is 834 g/mol. The van der Waals surface area contributed by atoms with Crippen molar-refractivity contribution >= 4 is 13.7 Å². The second-order valence-electron chi connectivity index (χ2n) is 15.7. The number of nitrogens with one attached hydrogen (secondary N) is 1. The Morgan fingerprint density at radius 2 is 1.04 bits per heavy atom. The standard InChI is InChI=1S/C43H80NO12P/c1-3-5-7-9-11-13-14-15-16-17-18-19-20-21-22-23-25-27-29-31-36(46)35(44-37(47)32-34(45)30-28-26-24-12-10-8-6-4-2)33-55-57(53,54)56-43-41(51)39(49)38(48)40(50)42(43)52/h18-19,22-23,29,31,34-36,38-43,45-46,48-52H,3-17,20-21,24-28,30,32-33H2,1-2H3,(H,44,47)(H,53,54)/b19-18+,23-22+,31-29+. The molecule has 0 aromatic carbocycles. The van der Waals surface area contributed by atoms with Crippen molar-refractivity contribution in [3.05, 3.63) is 36.5 Å². The van der Waals surface area contributed by atoms with Gasteiger partial charge in [-0.3, -0.25) is 13.8 Å². The molecule has 1 fully saturated rings. The number of phosphoric acid groups is 1. The number of aliphatic hydroxyl groups is 7. The van der Waals surface area contributed by atoms with E-state index in [9.17, 15) is 50.0 Å². The van der Waals surface area contributed by atoms with E-state index in [0.717, 1.165) is 44.9 Å². The van der Waals surface area contributed by atoms with Gasteiger partial charge < -0.3 is 46.0 Å². The molecule has 9 N–H and O–H groups in total. The zero-order valence-corrected chi connectivity index (χ0v) is 35.9. The molecular weight excluding hydrogens is 753 g/mol. The number of carbonyl (C=O) groups excluding carboxylic acids is 1. The number of phosphoric ester groups is 1. The quantitative estimate of drug-likeness (QED) is 0.0187. The van der Waals surface area contributed by atoms with Gasteiger partial charge in [-0.05, 0) is 44.9 Å². The maximum absolute atomic E-state index is 12.9. The van der Waals surface area contributed by atoms with Crippen LogP contribution in [0.4, 0.5) is 0 Å². The molecule has 0 spiro atoms. The smallest absolute Gasteiger partial charge is 0.393 e. The number of allylic oxidation sites excluding steroid dienone is 5. The first-order chi connectivity index (χ1) is 27.3. The van der Waals surface area contributed by atoms with Gasteiger partial charge in [-0.25, -0.2) is 4.57 Å². The Kier molecular flexibility index (Phi) is 31.2. The van der Waals surface area contributed by atoms with Gasteiger partial charge in [-0.2, -0.15) is 0 Å². The summed E-state index contributed by atoms with van der Waals surface area (Å²) in [4.78, 5) is 23.3. The molecule has 0 saturated heterocycles. The Balaban J connectivity index is 2.61. The minimum absolute atomic E-state index is 0.255. The molecule has 57 heavy (non-hydrogen) atoms. The highest BCUT2D eigenvalue weighted by Crippen LogP contribution is 2.47. The van der Waals surface area contributed by atoms with Crippen LogP contribution in [0, 0.1) is 0 Å². The molecule has 334 valence electrons. The van der Waals surface area contributed by atoms with E-state index >= 15 is 0 Å². The van der Waals surface area contributed by atoms with Crippen LogP contribution in [-0.2, 0) is 18.4 Å². The van der Waals surface area contributed by atoms with E-state index in [0.29, 0.717) is 19.3 Å². The summed E-state index contributed by atoms with van der Waals surface area (Å²) in [5.41, 5.74) is 0. The largest absolute Gasteiger partial charge is 0.472 e. The molecule has 8 atom stereocenters. The molecule has 0 bridgehead atoms. The average molecular weight is 834 g/mol. The molecule has 14 heteroatoms. The van der Waals surface area contributed by atoms with Crippen molar-refractivity contribution in [2.75, 3.05) is 6.61 Å². The van der Waals surface area contributed by atoms with Crippen molar-refractivity contribution in [1.82, 2.24) is 5.32 Å². The molecule has 0 radical (unpaired) electrons. The Morgan fingerprint density at radius 3 is 1.54 bits per heavy atom. The van der Waals surface area contributed by atoms with Crippen LogP contribution in [-0.4, -0.2) is 108 Å². The number of carbonyl (C=O) groups is 1. The maximum Gasteiger partial charge on any atom is 0.472 e. The topological polar surface area (TPSA) is 226 Å². The second kappa shape index (κ2) is 33.3. The first-order valence-electron chi connectivity index (χ1n) is 22.0. The number of hydrogen-bond acceptors (Lipinski definition) is 11. The van der Waals surface area contributed by atoms with Crippen molar-refractivity contribution < 1.29 is 59.0 Å². The van der Waals surface area contributed by atoms with Gasteiger partial charge in [0.15, 0.2) is 0 Å². The predicted octanol–water partition coefficient (Wildman–Crippen LogP) is 6.58. The van der Waals surface area contributed by atoms with Gasteiger partial charge in [0.1, 0.15) is 36.6 Å². The number of hydrogen-bond donors (Lipinski definition) is 9. The van der Waals surface area contributed by atoms with Gasteiger partial charge in [0.05, 0.1) is 31.3 Å². The summed E-state index contributed by atoms with van der Waals surface area (Å²) in [5.74, 6) is -0.611. The summed E-state index contributed by atoms with van der Waals surface area (Å²) in [6.07, 6.45) is 22.6. The third kappa shape index (κ3) is 25.7. The lowest BCUT2D eigenvalue weighted by Crippen LogP contribution is -2.64. The first-order valence-corrected chi connectivity index (χ1v) is 23.5. The van der Waals surface area contributed by atoms with E-state index in [-0.39, 0.29) is 6.42 Å². The molecule has 1 saturated carbocycles. The molecule has 0 heterocycles. The van der Waals surface area contributed by atoms with Crippen LogP contribution in [0.5, 0.6) is 0 Å². The molecule has 0 aliphatic heterocycles. The molecule has 1 amide bonds. The summed E-state index contributed by atoms with van der Waals surface area (Å²) in [6, 6.07) is -1.26. The fourth-order valence-electron chi connectivity index (χ4n) is 6.80. The lowest BCUT2D eigenvalue weighted by molar-refractivity contribution is -0.220. The van der Waals surface area contributed by atoms with Gasteiger partial charge in [0.25, 0.3) is 0 Å². The summed E-state index contributed by atoms with van der Waals surface area (Å²) in [6.45, 7) is 3.67. The van der Waals surface area contributed by atoms with Crippen molar-refractivity contribution in [3.63, 3.8) is 0 Å². The zero-order valence-electron chi connectivity index (χ0n) is 35.0. The van der Waals surface area contributed by atoms with Gasteiger partial charge >= 0.3 is 7.82 Å². The normalized spacial score (nSPS) is 24.3. The number of amides is 1. The third-order valence-electron chi connectivity index (χ3n) is 10.5. The molecular formula is C43H80NO12P. The molecule has 8 unspecified atom stereocenters. The molecule has 0 aromatic rings. The van der Waals surface area contributed by atoms with Crippen LogP contribution in [0.2, 0.25) is 0 Å². The molecule has 1 aliphatic carbocycles. The second-order valence-corrected chi connectivity index (χ2v) is 17.1. The molecule has 1 rings (SSSR count). The first kappa shape index (κ1) is 53.5. The Morgan fingerprint density at radius 1 is 0.614 bits per heavy atom. The van der Waals surface area contributed by atoms with Gasteiger partial charge in [-0.1, -0.05) is 153 Å². The minimum Gasteiger partial charge on any atom is -0.393 e. The van der Waals surface area contributed by atoms with Crippen LogP contribution < -0.4 is 5.32 Å². The van der Waals surface area contributed by atoms with Gasteiger partial charge in [-0.15, -0.1) is 0 Å². The molecule has 1 aliphatic rings. The van der Waals surface area contributed by atoms with E-state index in [4.69, 9.17) is 9.05 Å². The lowest BCUT2D eigenvalue weighted by atomic mass is 9.85. The van der Waals surface area contributed by atoms with Crippen LogP contribution in [0.25, 0.3) is 0 Å². The van der Waals surface area contributed by atoms with Crippen molar-refractivity contribution in [2.24, 2.45) is 0 Å². The SMILES string of the molecule is CCCCCCCCCCC/C=C/CC/C=C/CC/C=C/C(O)C(COP(=O)(O)OC1C(O)C(O)C(O)C(O)C1O)NC(=O)CC(O)CCCCCCCCCC. The minimum atomic E-state index is -5.14. The highest BCUT2D eigenvalue weighted by Gasteiger charge is 2.51. The predicted molar refractivity (Wildman–Crippen MR) is 224 cm³/mol. The summed E-state index contributed by atoms with van der Waals surface area (Å²) in [5, 5.41) is 74.1. The van der Waals surface area contributed by atoms with Crippen molar-refractivity contribution in [3.8, 4) is 0 Å². The van der Waals surface area contributed by atoms with Gasteiger partial charge in [0.2, 0.25) is 5.91 Å². The highest BCUT2D eigenvalue weighted by atomic mass is 31.2. The molecule has 13 nitrogen and oxygen atoms in total. The number of aliphatic hydroxyl groups excluding tert-OH is 7. The Hall–Kier alpha value is -1.48. The number of unbranched alkanes of at least 4 members (excludes halogenated alkanes) is 18. The van der Waals surface area contributed by atoms with E-state index in [1.165, 1.54) is 89.5 Å². The summed E-state index contributed by atoms with van der Waals surface area (Å²) in [7, 11) is -5.14. The van der Waals surface area contributed by atoms with Crippen LogP contribution in [0.3, 0.4) is 0 Å². The van der Waals surface area contributed by atoms with Crippen molar-refractivity contribution in [2.45, 2.75) is 223 Å². The molecule has 0 aromatic heterocycles. The highest BCUT2D eigenvalue weighted by molar-refractivity contribution is 7.47. The van der Waals surface area contributed by atoms with E-state index < -0.39 is 75.2 Å². The lowest BCUT2D eigenvalue weighted by Gasteiger charge is -2.41. The fraction of sp³-hybridized carbons (Fsp3) is 0.837. The Labute approximate surface area is 343 Å². The van der Waals surface area contributed by atoms with E-state index in [1.54, 1.807) is 6.08 Å². The van der Waals surface area contributed by atoms with E-state index in [1.807, 2.05) is 0 Å². The third-order valence-corrected chi connectivity index (χ3v) is 11.4. The van der Waals surface area contributed by atoms with Crippen LogP contribution >= 0.6 is 7.82 Å².